The Labute approximate surface area is 190 Å². The van der Waals surface area contributed by atoms with Crippen LogP contribution in [0.15, 0.2) is 40.1 Å². The molecule has 1 amide bonds. The van der Waals surface area contributed by atoms with Gasteiger partial charge in [-0.3, -0.25) is 4.79 Å². The van der Waals surface area contributed by atoms with Crippen molar-refractivity contribution in [2.45, 2.75) is 63.4 Å². The normalized spacial score (nSPS) is 16.4. The van der Waals surface area contributed by atoms with E-state index >= 15 is 0 Å². The van der Waals surface area contributed by atoms with E-state index in [0.29, 0.717) is 23.1 Å². The first-order chi connectivity index (χ1) is 15.6. The van der Waals surface area contributed by atoms with E-state index in [1.807, 2.05) is 42.7 Å². The van der Waals surface area contributed by atoms with E-state index in [-0.39, 0.29) is 11.7 Å². The predicted octanol–water partition coefficient (Wildman–Crippen LogP) is 5.03. The second kappa shape index (κ2) is 8.54. The Morgan fingerprint density at radius 3 is 2.72 bits per heavy atom. The van der Waals surface area contributed by atoms with Crippen molar-refractivity contribution >= 4 is 23.4 Å². The molecule has 1 aromatic carbocycles. The molecule has 0 radical (unpaired) electrons. The number of fused-ring (bicyclic) bond motifs is 1. The molecule has 0 bridgehead atoms. The lowest BCUT2D eigenvalue weighted by atomic mass is 9.94. The van der Waals surface area contributed by atoms with Crippen LogP contribution in [-0.4, -0.2) is 32.2 Å². The number of aryl methyl sites for hydroxylation is 1. The molecular weight excluding hydrogens is 428 g/mol. The molecule has 2 aromatic heterocycles. The zero-order valence-corrected chi connectivity index (χ0v) is 19.0. The number of hydrogen-bond acceptors (Lipinski definition) is 7. The second-order valence-electron chi connectivity index (χ2n) is 8.11. The maximum Gasteiger partial charge on any atom is 0.251 e. The maximum absolute atomic E-state index is 12.6. The monoisotopic (exact) mass is 454 g/mol. The fourth-order valence-corrected chi connectivity index (χ4v) is 5.09. The van der Waals surface area contributed by atoms with Crippen molar-refractivity contribution in [1.82, 2.24) is 14.8 Å². The number of nitrogens with one attached hydrogen (secondary N) is 1. The minimum absolute atomic E-state index is 0.118. The molecule has 1 saturated carbocycles. The molecule has 0 saturated heterocycles. The lowest BCUT2D eigenvalue weighted by molar-refractivity contribution is -0.113. The van der Waals surface area contributed by atoms with Crippen molar-refractivity contribution in [3.8, 4) is 22.9 Å². The van der Waals surface area contributed by atoms with Gasteiger partial charge in [0, 0.05) is 31.1 Å². The molecule has 1 fully saturated rings. The summed E-state index contributed by atoms with van der Waals surface area (Å²) in [6.07, 6.45) is 6.88. The van der Waals surface area contributed by atoms with Crippen molar-refractivity contribution in [2.75, 3.05) is 11.1 Å². The van der Waals surface area contributed by atoms with E-state index < -0.39 is 5.79 Å². The van der Waals surface area contributed by atoms with Crippen molar-refractivity contribution in [3.63, 3.8) is 0 Å². The number of amides is 1. The highest BCUT2D eigenvalue weighted by atomic mass is 32.2. The molecule has 1 spiro atoms. The maximum atomic E-state index is 12.6. The topological polar surface area (TPSA) is 91.4 Å². The Hall–Kier alpha value is -2.94. The zero-order valence-electron chi connectivity index (χ0n) is 18.2. The van der Waals surface area contributed by atoms with Crippen molar-refractivity contribution in [3.05, 3.63) is 36.3 Å². The summed E-state index contributed by atoms with van der Waals surface area (Å²) in [5.74, 6) is 2.57. The van der Waals surface area contributed by atoms with Gasteiger partial charge >= 0.3 is 0 Å². The third-order valence-corrected chi connectivity index (χ3v) is 6.87. The van der Waals surface area contributed by atoms with E-state index in [2.05, 4.69) is 15.5 Å². The average Bonchev–Trinajstić information content (AvgIpc) is 3.48. The number of carbonyl (C=O) groups excluding carboxylic acids is 1. The molecule has 3 heterocycles. The molecule has 168 valence electrons. The Kier molecular flexibility index (Phi) is 5.58. The molecule has 8 nitrogen and oxygen atoms in total. The number of thioether (sulfide) groups is 1. The molecule has 0 unspecified atom stereocenters. The van der Waals surface area contributed by atoms with Gasteiger partial charge in [-0.15, -0.1) is 10.2 Å². The number of hydrogen-bond donors (Lipinski definition) is 1. The number of benzene rings is 1. The van der Waals surface area contributed by atoms with Gasteiger partial charge in [-0.05, 0) is 44.9 Å². The quantitative estimate of drug-likeness (QED) is 0.522. The number of anilines is 1. The molecule has 3 aromatic rings. The minimum Gasteiger partial charge on any atom is -0.469 e. The van der Waals surface area contributed by atoms with Crippen LogP contribution in [0.1, 0.15) is 44.8 Å². The third-order valence-electron chi connectivity index (χ3n) is 5.90. The van der Waals surface area contributed by atoms with Crippen LogP contribution in [0.25, 0.3) is 11.4 Å². The highest BCUT2D eigenvalue weighted by Gasteiger charge is 2.42. The van der Waals surface area contributed by atoms with Gasteiger partial charge in [-0.25, -0.2) is 0 Å². The van der Waals surface area contributed by atoms with Crippen LogP contribution >= 0.6 is 11.8 Å². The van der Waals surface area contributed by atoms with Crippen LogP contribution in [0.4, 0.5) is 5.69 Å². The van der Waals surface area contributed by atoms with Crippen LogP contribution in [0.5, 0.6) is 11.5 Å². The lowest BCUT2D eigenvalue weighted by Crippen LogP contribution is -2.40. The first-order valence-corrected chi connectivity index (χ1v) is 12.0. The van der Waals surface area contributed by atoms with E-state index in [4.69, 9.17) is 13.9 Å². The van der Waals surface area contributed by atoms with Gasteiger partial charge < -0.3 is 23.8 Å². The first-order valence-electron chi connectivity index (χ1n) is 11.0. The molecule has 9 heteroatoms. The number of furan rings is 1. The summed E-state index contributed by atoms with van der Waals surface area (Å²) < 4.78 is 19.6. The van der Waals surface area contributed by atoms with Gasteiger partial charge in [0.25, 0.3) is 5.79 Å². The smallest absolute Gasteiger partial charge is 0.251 e. The number of carbonyl (C=O) groups is 1. The standard InChI is InChI=1S/C23H26N4O4S/c1-3-27-21(17-9-12-29-15(17)2)25-26-22(27)32-14-20(28)24-16-7-8-18-19(13-16)31-23(30-18)10-5-4-6-11-23/h7-9,12-13H,3-6,10-11,14H2,1-2H3,(H,24,28). The molecule has 1 aliphatic carbocycles. The predicted molar refractivity (Wildman–Crippen MR) is 121 cm³/mol. The van der Waals surface area contributed by atoms with Crippen LogP contribution in [0.2, 0.25) is 0 Å². The summed E-state index contributed by atoms with van der Waals surface area (Å²) in [5.41, 5.74) is 1.60. The lowest BCUT2D eigenvalue weighted by Gasteiger charge is -2.31. The van der Waals surface area contributed by atoms with E-state index in [1.54, 1.807) is 6.26 Å². The number of ether oxygens (including phenoxy) is 2. The van der Waals surface area contributed by atoms with Crippen LogP contribution in [0, 0.1) is 6.92 Å². The summed E-state index contributed by atoms with van der Waals surface area (Å²) in [5, 5.41) is 12.2. The summed E-state index contributed by atoms with van der Waals surface area (Å²) >= 11 is 1.36. The molecule has 2 aliphatic rings. The van der Waals surface area contributed by atoms with Gasteiger partial charge in [0.05, 0.1) is 17.6 Å². The molecule has 0 atom stereocenters. The largest absolute Gasteiger partial charge is 0.469 e. The third kappa shape index (κ3) is 3.97. The summed E-state index contributed by atoms with van der Waals surface area (Å²) in [6, 6.07) is 7.44. The Morgan fingerprint density at radius 1 is 1.16 bits per heavy atom. The molecule has 1 aliphatic heterocycles. The fraction of sp³-hybridized carbons (Fsp3) is 0.435. The minimum atomic E-state index is -0.519. The molecule has 1 N–H and O–H groups in total. The van der Waals surface area contributed by atoms with Crippen molar-refractivity contribution in [2.24, 2.45) is 0 Å². The van der Waals surface area contributed by atoms with Crippen LogP contribution in [-0.2, 0) is 11.3 Å². The zero-order chi connectivity index (χ0) is 22.1. The SMILES string of the molecule is CCn1c(SCC(=O)Nc2ccc3c(c2)OC2(CCCCC2)O3)nnc1-c1ccoc1C. The van der Waals surface area contributed by atoms with Crippen LogP contribution < -0.4 is 14.8 Å². The molecule has 32 heavy (non-hydrogen) atoms. The van der Waals surface area contributed by atoms with E-state index in [0.717, 1.165) is 48.6 Å². The van der Waals surface area contributed by atoms with Crippen molar-refractivity contribution < 1.29 is 18.7 Å². The Balaban J connectivity index is 1.22. The van der Waals surface area contributed by atoms with E-state index in [1.165, 1.54) is 18.2 Å². The second-order valence-corrected chi connectivity index (χ2v) is 9.06. The molecular formula is C23H26N4O4S. The average molecular weight is 455 g/mol. The van der Waals surface area contributed by atoms with Gasteiger partial charge in [-0.2, -0.15) is 0 Å². The molecule has 5 rings (SSSR count). The number of rotatable bonds is 6. The highest BCUT2D eigenvalue weighted by molar-refractivity contribution is 7.99. The van der Waals surface area contributed by atoms with E-state index in [9.17, 15) is 4.79 Å². The Bertz CT molecular complexity index is 1130. The number of aromatic nitrogens is 3. The Morgan fingerprint density at radius 2 is 1.97 bits per heavy atom. The summed E-state index contributed by atoms with van der Waals surface area (Å²) in [6.45, 7) is 4.62. The summed E-state index contributed by atoms with van der Waals surface area (Å²) in [4.78, 5) is 12.6. The van der Waals surface area contributed by atoms with Gasteiger partial charge in [0.15, 0.2) is 22.5 Å². The van der Waals surface area contributed by atoms with Gasteiger partial charge in [0.2, 0.25) is 5.91 Å². The van der Waals surface area contributed by atoms with Crippen LogP contribution in [0.3, 0.4) is 0 Å². The summed E-state index contributed by atoms with van der Waals surface area (Å²) in [7, 11) is 0. The van der Waals surface area contributed by atoms with Gasteiger partial charge in [-0.1, -0.05) is 18.2 Å². The number of nitrogens with zero attached hydrogens (tertiary/aromatic N) is 3. The van der Waals surface area contributed by atoms with Gasteiger partial charge in [0.1, 0.15) is 5.76 Å². The fourth-order valence-electron chi connectivity index (χ4n) is 4.29. The first kappa shape index (κ1) is 20.9. The van der Waals surface area contributed by atoms with Crippen molar-refractivity contribution in [1.29, 1.82) is 0 Å². The highest BCUT2D eigenvalue weighted by Crippen LogP contribution is 2.46.